The van der Waals surface area contributed by atoms with Crippen LogP contribution in [0.2, 0.25) is 5.02 Å². The van der Waals surface area contributed by atoms with Crippen molar-refractivity contribution >= 4 is 47.0 Å². The smallest absolute Gasteiger partial charge is 0.326 e. The molecule has 3 rings (SSSR count). The molecule has 0 aliphatic rings. The number of rotatable bonds is 8. The third-order valence-corrected chi connectivity index (χ3v) is 5.39. The molecule has 2 atom stereocenters. The summed E-state index contributed by atoms with van der Waals surface area (Å²) in [5.41, 5.74) is 2.73. The quantitative estimate of drug-likeness (QED) is 0.422. The number of fused-ring (bicyclic) bond motifs is 1. The SMILES string of the molecule is O=C(N[C@@H](Cc1c[nH]c2ccccc12)C(=O)O)C(CS)Cc1ccc(Cl)cc1. The maximum Gasteiger partial charge on any atom is 0.326 e. The van der Waals surface area contributed by atoms with Gasteiger partial charge in [0.25, 0.3) is 0 Å². The minimum atomic E-state index is -1.07. The van der Waals surface area contributed by atoms with Crippen LogP contribution in [0.25, 0.3) is 10.9 Å². The van der Waals surface area contributed by atoms with Crippen molar-refractivity contribution in [3.8, 4) is 0 Å². The molecule has 3 N–H and O–H groups in total. The summed E-state index contributed by atoms with van der Waals surface area (Å²) in [5.74, 6) is -1.51. The van der Waals surface area contributed by atoms with E-state index in [1.807, 2.05) is 36.4 Å². The van der Waals surface area contributed by atoms with Crippen molar-refractivity contribution in [3.63, 3.8) is 0 Å². The number of carbonyl (C=O) groups excluding carboxylic acids is 1. The van der Waals surface area contributed by atoms with E-state index in [9.17, 15) is 14.7 Å². The predicted molar refractivity (Wildman–Crippen MR) is 114 cm³/mol. The van der Waals surface area contributed by atoms with Crippen molar-refractivity contribution in [2.75, 3.05) is 5.75 Å². The summed E-state index contributed by atoms with van der Waals surface area (Å²) in [6.07, 6.45) is 2.45. The summed E-state index contributed by atoms with van der Waals surface area (Å²) in [6.45, 7) is 0. The van der Waals surface area contributed by atoms with Crippen molar-refractivity contribution in [1.82, 2.24) is 10.3 Å². The third-order valence-electron chi connectivity index (χ3n) is 4.70. The van der Waals surface area contributed by atoms with Crippen LogP contribution in [-0.4, -0.2) is 33.8 Å². The van der Waals surface area contributed by atoms with Gasteiger partial charge in [-0.2, -0.15) is 12.6 Å². The highest BCUT2D eigenvalue weighted by Crippen LogP contribution is 2.20. The molecule has 0 radical (unpaired) electrons. The molecule has 0 fully saturated rings. The first-order valence-electron chi connectivity index (χ1n) is 8.91. The van der Waals surface area contributed by atoms with Crippen LogP contribution in [0.3, 0.4) is 0 Å². The van der Waals surface area contributed by atoms with Gasteiger partial charge >= 0.3 is 5.97 Å². The minimum Gasteiger partial charge on any atom is -0.480 e. The van der Waals surface area contributed by atoms with Gasteiger partial charge in [-0.05, 0) is 35.7 Å². The second-order valence-corrected chi connectivity index (χ2v) is 7.47. The standard InChI is InChI=1S/C21H21ClN2O3S/c22-16-7-5-13(6-8-16)9-15(12-28)20(25)24-19(21(26)27)10-14-11-23-18-4-2-1-3-17(14)18/h1-8,11,15,19,23,28H,9-10,12H2,(H,24,25)(H,26,27)/t15?,19-/m0/s1. The maximum absolute atomic E-state index is 12.7. The van der Waals surface area contributed by atoms with Gasteiger partial charge in [-0.3, -0.25) is 4.79 Å². The zero-order chi connectivity index (χ0) is 20.1. The minimum absolute atomic E-state index is 0.200. The van der Waals surface area contributed by atoms with Crippen LogP contribution in [0.1, 0.15) is 11.1 Å². The Labute approximate surface area is 173 Å². The summed E-state index contributed by atoms with van der Waals surface area (Å²) < 4.78 is 0. The molecule has 7 heteroatoms. The van der Waals surface area contributed by atoms with Crippen molar-refractivity contribution in [2.45, 2.75) is 18.9 Å². The van der Waals surface area contributed by atoms with Gasteiger partial charge in [0.15, 0.2) is 0 Å². The Balaban J connectivity index is 1.70. The van der Waals surface area contributed by atoms with E-state index in [-0.39, 0.29) is 12.3 Å². The number of hydrogen-bond acceptors (Lipinski definition) is 3. The fourth-order valence-corrected chi connectivity index (χ4v) is 3.58. The maximum atomic E-state index is 12.7. The predicted octanol–water partition coefficient (Wildman–Crippen LogP) is 3.72. The molecule has 0 saturated heterocycles. The van der Waals surface area contributed by atoms with Crippen LogP contribution in [0.4, 0.5) is 0 Å². The number of amides is 1. The molecule has 1 aromatic heterocycles. The van der Waals surface area contributed by atoms with Crippen molar-refractivity contribution in [2.24, 2.45) is 5.92 Å². The van der Waals surface area contributed by atoms with E-state index in [0.717, 1.165) is 22.0 Å². The van der Waals surface area contributed by atoms with Crippen LogP contribution in [-0.2, 0) is 22.4 Å². The largest absolute Gasteiger partial charge is 0.480 e. The van der Waals surface area contributed by atoms with E-state index >= 15 is 0 Å². The van der Waals surface area contributed by atoms with Crippen molar-refractivity contribution < 1.29 is 14.7 Å². The number of thiol groups is 1. The number of carboxylic acids is 1. The Bertz CT molecular complexity index is 971. The highest BCUT2D eigenvalue weighted by atomic mass is 35.5. The van der Waals surface area contributed by atoms with E-state index in [1.54, 1.807) is 18.3 Å². The van der Waals surface area contributed by atoms with E-state index in [4.69, 9.17) is 11.6 Å². The molecular weight excluding hydrogens is 396 g/mol. The first kappa shape index (κ1) is 20.3. The van der Waals surface area contributed by atoms with Crippen molar-refractivity contribution in [1.29, 1.82) is 0 Å². The molecule has 0 aliphatic carbocycles. The molecule has 1 heterocycles. The van der Waals surface area contributed by atoms with Crippen LogP contribution < -0.4 is 5.32 Å². The summed E-state index contributed by atoms with van der Waals surface area (Å²) in [5, 5.41) is 13.9. The van der Waals surface area contributed by atoms with Crippen LogP contribution >= 0.6 is 24.2 Å². The van der Waals surface area contributed by atoms with E-state index < -0.39 is 17.9 Å². The molecule has 5 nitrogen and oxygen atoms in total. The second-order valence-electron chi connectivity index (χ2n) is 6.67. The number of hydrogen-bond donors (Lipinski definition) is 4. The number of aromatic nitrogens is 1. The molecule has 0 saturated carbocycles. The topological polar surface area (TPSA) is 82.2 Å². The monoisotopic (exact) mass is 416 g/mol. The van der Waals surface area contributed by atoms with Crippen LogP contribution in [0.5, 0.6) is 0 Å². The van der Waals surface area contributed by atoms with Gasteiger partial charge in [-0.15, -0.1) is 0 Å². The molecule has 3 aromatic rings. The summed E-state index contributed by atoms with van der Waals surface area (Å²) in [6, 6.07) is 13.9. The lowest BCUT2D eigenvalue weighted by atomic mass is 9.99. The zero-order valence-electron chi connectivity index (χ0n) is 15.1. The zero-order valence-corrected chi connectivity index (χ0v) is 16.7. The summed E-state index contributed by atoms with van der Waals surface area (Å²) >= 11 is 10.2. The number of H-pyrrole nitrogens is 1. The Morgan fingerprint density at radius 1 is 1.11 bits per heavy atom. The highest BCUT2D eigenvalue weighted by molar-refractivity contribution is 7.80. The molecular formula is C21H21ClN2O3S. The number of nitrogens with one attached hydrogen (secondary N) is 2. The van der Waals surface area contributed by atoms with Crippen molar-refractivity contribution in [3.05, 3.63) is 70.9 Å². The normalized spacial score (nSPS) is 13.2. The number of aliphatic carboxylic acids is 1. The van der Waals surface area contributed by atoms with Gasteiger partial charge in [0.05, 0.1) is 5.92 Å². The number of carbonyl (C=O) groups is 2. The average Bonchev–Trinajstić information content (AvgIpc) is 3.10. The molecule has 28 heavy (non-hydrogen) atoms. The van der Waals surface area contributed by atoms with Gasteiger partial charge in [-0.1, -0.05) is 41.9 Å². The third kappa shape index (κ3) is 4.88. The van der Waals surface area contributed by atoms with E-state index in [2.05, 4.69) is 22.9 Å². The Kier molecular flexibility index (Phi) is 6.65. The average molecular weight is 417 g/mol. The van der Waals surface area contributed by atoms with Gasteiger partial charge in [0.1, 0.15) is 6.04 Å². The number of halogens is 1. The molecule has 0 aliphatic heterocycles. The first-order valence-corrected chi connectivity index (χ1v) is 9.92. The fourth-order valence-electron chi connectivity index (χ4n) is 3.16. The van der Waals surface area contributed by atoms with Gasteiger partial charge in [0.2, 0.25) is 5.91 Å². The fraction of sp³-hybridized carbons (Fsp3) is 0.238. The molecule has 146 valence electrons. The lowest BCUT2D eigenvalue weighted by molar-refractivity contribution is -0.142. The highest BCUT2D eigenvalue weighted by Gasteiger charge is 2.26. The van der Waals surface area contributed by atoms with Crippen LogP contribution in [0, 0.1) is 5.92 Å². The Morgan fingerprint density at radius 2 is 1.82 bits per heavy atom. The molecule has 2 aromatic carbocycles. The molecule has 0 spiro atoms. The molecule has 1 amide bonds. The van der Waals surface area contributed by atoms with Gasteiger partial charge < -0.3 is 15.4 Å². The van der Waals surface area contributed by atoms with E-state index in [0.29, 0.717) is 17.2 Å². The number of para-hydroxylation sites is 1. The Morgan fingerprint density at radius 3 is 2.50 bits per heavy atom. The van der Waals surface area contributed by atoms with Gasteiger partial charge in [-0.25, -0.2) is 4.79 Å². The van der Waals surface area contributed by atoms with Gasteiger partial charge in [0, 0.05) is 34.3 Å². The first-order chi connectivity index (χ1) is 13.5. The molecule has 0 bridgehead atoms. The summed E-state index contributed by atoms with van der Waals surface area (Å²) in [7, 11) is 0. The summed E-state index contributed by atoms with van der Waals surface area (Å²) in [4.78, 5) is 27.6. The second kappa shape index (κ2) is 9.17. The number of aromatic amines is 1. The van der Waals surface area contributed by atoms with E-state index in [1.165, 1.54) is 0 Å². The Hall–Kier alpha value is -2.44. The lowest BCUT2D eigenvalue weighted by Crippen LogP contribution is -2.45. The lowest BCUT2D eigenvalue weighted by Gasteiger charge is -2.19. The number of carboxylic acid groups (broad SMARTS) is 1. The number of benzene rings is 2. The molecule has 1 unspecified atom stereocenters. The van der Waals surface area contributed by atoms with Crippen LogP contribution in [0.15, 0.2) is 54.7 Å².